The second kappa shape index (κ2) is 7.79. The van der Waals surface area contributed by atoms with E-state index in [1.54, 1.807) is 0 Å². The van der Waals surface area contributed by atoms with Crippen molar-refractivity contribution in [3.8, 4) is 0 Å². The molecule has 0 bridgehead atoms. The molecule has 0 aromatic heterocycles. The third-order valence-electron chi connectivity index (χ3n) is 3.71. The van der Waals surface area contributed by atoms with E-state index in [2.05, 4.69) is 17.1 Å². The van der Waals surface area contributed by atoms with Crippen LogP contribution in [0.2, 0.25) is 0 Å². The fourth-order valence-corrected chi connectivity index (χ4v) is 2.50. The summed E-state index contributed by atoms with van der Waals surface area (Å²) in [5.41, 5.74) is -0.287. The van der Waals surface area contributed by atoms with Crippen molar-refractivity contribution in [3.63, 3.8) is 0 Å². The molecule has 118 valence electrons. The van der Waals surface area contributed by atoms with Crippen molar-refractivity contribution in [2.75, 3.05) is 39.3 Å². The summed E-state index contributed by atoms with van der Waals surface area (Å²) in [7, 11) is 0. The molecule has 2 unspecified atom stereocenters. The summed E-state index contributed by atoms with van der Waals surface area (Å²) >= 11 is 0. The fraction of sp³-hybridized carbons (Fsp3) is 0.600. The lowest BCUT2D eigenvalue weighted by atomic mass is 10.1. The lowest BCUT2D eigenvalue weighted by Crippen LogP contribution is -2.46. The zero-order chi connectivity index (χ0) is 15.2. The first-order valence-electron chi connectivity index (χ1n) is 7.28. The highest BCUT2D eigenvalue weighted by Crippen LogP contribution is 2.19. The van der Waals surface area contributed by atoms with Gasteiger partial charge in [-0.1, -0.05) is 13.0 Å². The van der Waals surface area contributed by atoms with Crippen molar-refractivity contribution >= 4 is 0 Å². The van der Waals surface area contributed by atoms with E-state index in [9.17, 15) is 13.9 Å². The van der Waals surface area contributed by atoms with Gasteiger partial charge in [-0.15, -0.1) is 0 Å². The molecule has 1 aromatic carbocycles. The first kappa shape index (κ1) is 16.3. The highest BCUT2D eigenvalue weighted by atomic mass is 19.1. The summed E-state index contributed by atoms with van der Waals surface area (Å²) < 4.78 is 32.7. The van der Waals surface area contributed by atoms with Gasteiger partial charge in [-0.25, -0.2) is 8.78 Å². The van der Waals surface area contributed by atoms with Gasteiger partial charge in [-0.2, -0.15) is 0 Å². The molecular formula is C15H22F2N2O2. The molecule has 1 aliphatic rings. The van der Waals surface area contributed by atoms with Crippen LogP contribution in [0.25, 0.3) is 0 Å². The molecule has 1 heterocycles. The summed E-state index contributed by atoms with van der Waals surface area (Å²) in [5.74, 6) is -1.45. The number of rotatable bonds is 6. The molecular weight excluding hydrogens is 278 g/mol. The second-order valence-corrected chi connectivity index (χ2v) is 5.20. The molecule has 0 saturated carbocycles. The van der Waals surface area contributed by atoms with E-state index in [4.69, 9.17) is 4.74 Å². The SMILES string of the molecule is CCN1CCOC(CNCC(O)c2c(F)cccc2F)C1. The van der Waals surface area contributed by atoms with Crippen LogP contribution in [0.5, 0.6) is 0 Å². The maximum Gasteiger partial charge on any atom is 0.131 e. The molecule has 2 rings (SSSR count). The minimum Gasteiger partial charge on any atom is -0.387 e. The maximum atomic E-state index is 13.5. The number of morpholine rings is 1. The Morgan fingerprint density at radius 1 is 1.43 bits per heavy atom. The molecule has 4 nitrogen and oxygen atoms in total. The third kappa shape index (κ3) is 4.44. The minimum atomic E-state index is -1.21. The smallest absolute Gasteiger partial charge is 0.131 e. The molecule has 6 heteroatoms. The van der Waals surface area contributed by atoms with E-state index < -0.39 is 17.7 Å². The average Bonchev–Trinajstić information content (AvgIpc) is 2.47. The number of hydrogen-bond acceptors (Lipinski definition) is 4. The number of likely N-dealkylation sites (N-methyl/N-ethyl adjacent to an activating group) is 1. The van der Waals surface area contributed by atoms with Gasteiger partial charge in [0.05, 0.1) is 24.4 Å². The van der Waals surface area contributed by atoms with Crippen LogP contribution >= 0.6 is 0 Å². The number of benzene rings is 1. The quantitative estimate of drug-likeness (QED) is 0.831. The predicted molar refractivity (Wildman–Crippen MR) is 76.0 cm³/mol. The van der Waals surface area contributed by atoms with E-state index in [0.717, 1.165) is 31.8 Å². The Labute approximate surface area is 123 Å². The number of aliphatic hydroxyl groups excluding tert-OH is 1. The Kier molecular flexibility index (Phi) is 6.05. The molecule has 1 saturated heterocycles. The van der Waals surface area contributed by atoms with Crippen molar-refractivity contribution < 1.29 is 18.6 Å². The zero-order valence-electron chi connectivity index (χ0n) is 12.2. The van der Waals surface area contributed by atoms with Crippen molar-refractivity contribution in [1.82, 2.24) is 10.2 Å². The zero-order valence-corrected chi connectivity index (χ0v) is 12.2. The fourth-order valence-electron chi connectivity index (χ4n) is 2.50. The van der Waals surface area contributed by atoms with Gasteiger partial charge in [0.2, 0.25) is 0 Å². The van der Waals surface area contributed by atoms with Gasteiger partial charge in [0.25, 0.3) is 0 Å². The number of ether oxygens (including phenoxy) is 1. The topological polar surface area (TPSA) is 44.7 Å². The van der Waals surface area contributed by atoms with Crippen LogP contribution in [0, 0.1) is 11.6 Å². The normalized spacial score (nSPS) is 21.4. The Hall–Kier alpha value is -1.08. The van der Waals surface area contributed by atoms with Gasteiger partial charge in [0.15, 0.2) is 0 Å². The molecule has 1 aliphatic heterocycles. The van der Waals surface area contributed by atoms with Crippen molar-refractivity contribution in [3.05, 3.63) is 35.4 Å². The predicted octanol–water partition coefficient (Wildman–Crippen LogP) is 1.31. The van der Waals surface area contributed by atoms with E-state index >= 15 is 0 Å². The summed E-state index contributed by atoms with van der Waals surface area (Å²) in [4.78, 5) is 2.28. The number of nitrogens with one attached hydrogen (secondary N) is 1. The number of aliphatic hydroxyl groups is 1. The number of nitrogens with zero attached hydrogens (tertiary/aromatic N) is 1. The highest BCUT2D eigenvalue weighted by Gasteiger charge is 2.21. The van der Waals surface area contributed by atoms with Crippen molar-refractivity contribution in [2.45, 2.75) is 19.1 Å². The van der Waals surface area contributed by atoms with E-state index in [-0.39, 0.29) is 18.2 Å². The Morgan fingerprint density at radius 3 is 2.81 bits per heavy atom. The average molecular weight is 300 g/mol. The van der Waals surface area contributed by atoms with Crippen LogP contribution in [0.3, 0.4) is 0 Å². The largest absolute Gasteiger partial charge is 0.387 e. The third-order valence-corrected chi connectivity index (χ3v) is 3.71. The number of hydrogen-bond donors (Lipinski definition) is 2. The van der Waals surface area contributed by atoms with Crippen LogP contribution < -0.4 is 5.32 Å². The van der Waals surface area contributed by atoms with E-state index in [1.807, 2.05) is 0 Å². The van der Waals surface area contributed by atoms with Crippen LogP contribution in [0.4, 0.5) is 8.78 Å². The molecule has 21 heavy (non-hydrogen) atoms. The van der Waals surface area contributed by atoms with Gasteiger partial charge >= 0.3 is 0 Å². The Bertz CT molecular complexity index is 439. The molecule has 0 spiro atoms. The second-order valence-electron chi connectivity index (χ2n) is 5.20. The monoisotopic (exact) mass is 300 g/mol. The summed E-state index contributed by atoms with van der Waals surface area (Å²) in [5, 5.41) is 12.9. The summed E-state index contributed by atoms with van der Waals surface area (Å²) in [6, 6.07) is 3.57. The highest BCUT2D eigenvalue weighted by molar-refractivity contribution is 5.22. The van der Waals surface area contributed by atoms with Gasteiger partial charge in [0, 0.05) is 26.2 Å². The standard InChI is InChI=1S/C15H22F2N2O2/c1-2-19-6-7-21-11(10-19)8-18-9-14(20)15-12(16)4-3-5-13(15)17/h3-5,11,14,18,20H,2,6-10H2,1H3. The molecule has 2 N–H and O–H groups in total. The molecule has 0 radical (unpaired) electrons. The molecule has 2 atom stereocenters. The van der Waals surface area contributed by atoms with Crippen LogP contribution in [0.15, 0.2) is 18.2 Å². The Morgan fingerprint density at radius 2 is 2.14 bits per heavy atom. The van der Waals surface area contributed by atoms with Gasteiger partial charge < -0.3 is 15.2 Å². The molecule has 0 aliphatic carbocycles. The van der Waals surface area contributed by atoms with E-state index in [1.165, 1.54) is 6.07 Å². The van der Waals surface area contributed by atoms with E-state index in [0.29, 0.717) is 13.2 Å². The van der Waals surface area contributed by atoms with Gasteiger partial charge in [-0.3, -0.25) is 4.90 Å². The molecule has 0 amide bonds. The van der Waals surface area contributed by atoms with Crippen LogP contribution in [-0.4, -0.2) is 55.4 Å². The maximum absolute atomic E-state index is 13.5. The van der Waals surface area contributed by atoms with Crippen LogP contribution in [0.1, 0.15) is 18.6 Å². The first-order chi connectivity index (χ1) is 10.1. The number of halogens is 2. The van der Waals surface area contributed by atoms with Crippen molar-refractivity contribution in [1.29, 1.82) is 0 Å². The first-order valence-corrected chi connectivity index (χ1v) is 7.28. The molecule has 1 aromatic rings. The Balaban J connectivity index is 1.80. The lowest BCUT2D eigenvalue weighted by Gasteiger charge is -2.32. The van der Waals surface area contributed by atoms with Gasteiger partial charge in [-0.05, 0) is 18.7 Å². The minimum absolute atomic E-state index is 0.0383. The summed E-state index contributed by atoms with van der Waals surface area (Å²) in [6.45, 7) is 6.14. The lowest BCUT2D eigenvalue weighted by molar-refractivity contribution is -0.0262. The summed E-state index contributed by atoms with van der Waals surface area (Å²) in [6.07, 6.45) is -1.17. The molecule has 1 fully saturated rings. The van der Waals surface area contributed by atoms with Crippen molar-refractivity contribution in [2.24, 2.45) is 0 Å². The van der Waals surface area contributed by atoms with Gasteiger partial charge in [0.1, 0.15) is 11.6 Å². The van der Waals surface area contributed by atoms with Crippen LogP contribution in [-0.2, 0) is 4.74 Å².